The van der Waals surface area contributed by atoms with E-state index in [0.29, 0.717) is 12.5 Å². The zero-order valence-corrected chi connectivity index (χ0v) is 10.8. The van der Waals surface area contributed by atoms with Gasteiger partial charge < -0.3 is 10.6 Å². The van der Waals surface area contributed by atoms with Crippen LogP contribution in [-0.4, -0.2) is 50.1 Å². The molecule has 0 aromatic heterocycles. The molecule has 1 fully saturated rings. The van der Waals surface area contributed by atoms with Gasteiger partial charge in [0.1, 0.15) is 0 Å². The number of carbonyl (C=O) groups is 1. The quantitative estimate of drug-likeness (QED) is 0.664. The molecule has 0 bridgehead atoms. The van der Waals surface area contributed by atoms with Gasteiger partial charge in [0.15, 0.2) is 0 Å². The molecular weight excluding hydrogens is 214 g/mol. The summed E-state index contributed by atoms with van der Waals surface area (Å²) in [5.41, 5.74) is 0. The molecular formula is C13H23N3O. The Balaban J connectivity index is 2.32. The third-order valence-electron chi connectivity index (χ3n) is 3.35. The van der Waals surface area contributed by atoms with E-state index in [1.807, 2.05) is 14.0 Å². The SMILES string of the molecule is C#CCNC(=O)C(C)N(C)CC1CCCNC1. The zero-order chi connectivity index (χ0) is 12.7. The molecule has 0 aliphatic carbocycles. The molecule has 0 aromatic rings. The zero-order valence-electron chi connectivity index (χ0n) is 10.8. The molecule has 0 aromatic carbocycles. The molecule has 1 aliphatic rings. The summed E-state index contributed by atoms with van der Waals surface area (Å²) in [6.45, 7) is 5.36. The highest BCUT2D eigenvalue weighted by Crippen LogP contribution is 2.12. The van der Waals surface area contributed by atoms with E-state index in [1.165, 1.54) is 12.8 Å². The monoisotopic (exact) mass is 237 g/mol. The van der Waals surface area contributed by atoms with E-state index in [9.17, 15) is 4.79 Å². The number of hydrogen-bond donors (Lipinski definition) is 2. The van der Waals surface area contributed by atoms with Crippen LogP contribution < -0.4 is 10.6 Å². The standard InChI is InChI=1S/C13H23N3O/c1-4-7-15-13(17)11(2)16(3)10-12-6-5-8-14-9-12/h1,11-12,14H,5-10H2,2-3H3,(H,15,17). The topological polar surface area (TPSA) is 44.4 Å². The number of rotatable bonds is 5. The van der Waals surface area contributed by atoms with Gasteiger partial charge >= 0.3 is 0 Å². The molecule has 17 heavy (non-hydrogen) atoms. The van der Waals surface area contributed by atoms with Gasteiger partial charge in [0.05, 0.1) is 12.6 Å². The Labute approximate surface area is 104 Å². The summed E-state index contributed by atoms with van der Waals surface area (Å²) in [5, 5.41) is 6.11. The highest BCUT2D eigenvalue weighted by molar-refractivity contribution is 5.81. The summed E-state index contributed by atoms with van der Waals surface area (Å²) in [4.78, 5) is 13.8. The number of likely N-dealkylation sites (N-methyl/N-ethyl adjacent to an activating group) is 1. The van der Waals surface area contributed by atoms with Crippen molar-refractivity contribution in [3.63, 3.8) is 0 Å². The van der Waals surface area contributed by atoms with Crippen molar-refractivity contribution in [1.29, 1.82) is 0 Å². The smallest absolute Gasteiger partial charge is 0.237 e. The van der Waals surface area contributed by atoms with Crippen molar-refractivity contribution < 1.29 is 4.79 Å². The number of hydrogen-bond acceptors (Lipinski definition) is 3. The summed E-state index contributed by atoms with van der Waals surface area (Å²) in [6.07, 6.45) is 7.59. The Hall–Kier alpha value is -1.05. The molecule has 1 heterocycles. The molecule has 2 unspecified atom stereocenters. The third-order valence-corrected chi connectivity index (χ3v) is 3.35. The van der Waals surface area contributed by atoms with Crippen LogP contribution in [0.4, 0.5) is 0 Å². The highest BCUT2D eigenvalue weighted by Gasteiger charge is 2.21. The van der Waals surface area contributed by atoms with Gasteiger partial charge in [-0.25, -0.2) is 0 Å². The molecule has 0 spiro atoms. The molecule has 2 atom stereocenters. The first-order valence-electron chi connectivity index (χ1n) is 6.27. The van der Waals surface area contributed by atoms with E-state index in [0.717, 1.165) is 19.6 Å². The normalized spacial score (nSPS) is 21.9. The van der Waals surface area contributed by atoms with E-state index in [-0.39, 0.29) is 11.9 Å². The van der Waals surface area contributed by atoms with Gasteiger partial charge in [-0.2, -0.15) is 0 Å². The molecule has 0 radical (unpaired) electrons. The number of amides is 1. The minimum absolute atomic E-state index is 0.00854. The summed E-state index contributed by atoms with van der Waals surface area (Å²) < 4.78 is 0. The fraction of sp³-hybridized carbons (Fsp3) is 0.769. The van der Waals surface area contributed by atoms with Crippen LogP contribution in [0.15, 0.2) is 0 Å². The molecule has 1 aliphatic heterocycles. The van der Waals surface area contributed by atoms with Crippen LogP contribution in [0.25, 0.3) is 0 Å². The van der Waals surface area contributed by atoms with E-state index in [1.54, 1.807) is 0 Å². The Morgan fingerprint density at radius 1 is 1.71 bits per heavy atom. The van der Waals surface area contributed by atoms with Crippen LogP contribution in [0.5, 0.6) is 0 Å². The van der Waals surface area contributed by atoms with Crippen molar-refractivity contribution in [3.05, 3.63) is 0 Å². The van der Waals surface area contributed by atoms with E-state index >= 15 is 0 Å². The molecule has 4 nitrogen and oxygen atoms in total. The molecule has 1 saturated heterocycles. The van der Waals surface area contributed by atoms with E-state index in [4.69, 9.17) is 6.42 Å². The van der Waals surface area contributed by atoms with Crippen LogP contribution in [0, 0.1) is 18.3 Å². The average molecular weight is 237 g/mol. The van der Waals surface area contributed by atoms with Crippen molar-refractivity contribution in [1.82, 2.24) is 15.5 Å². The first-order valence-corrected chi connectivity index (χ1v) is 6.27. The van der Waals surface area contributed by atoms with Crippen LogP contribution >= 0.6 is 0 Å². The predicted octanol–water partition coefficient (Wildman–Crippen LogP) is 0.0557. The summed E-state index contributed by atoms with van der Waals surface area (Å²) in [7, 11) is 1.99. The van der Waals surface area contributed by atoms with Gasteiger partial charge in [0.2, 0.25) is 5.91 Å². The first-order chi connectivity index (χ1) is 8.15. The van der Waals surface area contributed by atoms with Gasteiger partial charge in [-0.1, -0.05) is 5.92 Å². The van der Waals surface area contributed by atoms with Gasteiger partial charge in [0.25, 0.3) is 0 Å². The van der Waals surface area contributed by atoms with Crippen LogP contribution in [0.3, 0.4) is 0 Å². The van der Waals surface area contributed by atoms with Gasteiger partial charge in [-0.15, -0.1) is 6.42 Å². The number of nitrogens with zero attached hydrogens (tertiary/aromatic N) is 1. The second-order valence-corrected chi connectivity index (χ2v) is 4.75. The molecule has 1 rings (SSSR count). The maximum Gasteiger partial charge on any atom is 0.237 e. The fourth-order valence-electron chi connectivity index (χ4n) is 2.13. The lowest BCUT2D eigenvalue weighted by Gasteiger charge is -2.30. The lowest BCUT2D eigenvalue weighted by atomic mass is 9.99. The maximum absolute atomic E-state index is 11.7. The summed E-state index contributed by atoms with van der Waals surface area (Å²) in [6, 6.07) is -0.120. The van der Waals surface area contributed by atoms with Gasteiger partial charge in [0, 0.05) is 6.54 Å². The lowest BCUT2D eigenvalue weighted by Crippen LogP contribution is -2.46. The second kappa shape index (κ2) is 7.31. The van der Waals surface area contributed by atoms with Crippen molar-refractivity contribution in [2.45, 2.75) is 25.8 Å². The summed E-state index contributed by atoms with van der Waals surface area (Å²) >= 11 is 0. The van der Waals surface area contributed by atoms with Gasteiger partial charge in [-0.3, -0.25) is 9.69 Å². The Kier molecular flexibility index (Phi) is 6.03. The molecule has 96 valence electrons. The number of piperidine rings is 1. The lowest BCUT2D eigenvalue weighted by molar-refractivity contribution is -0.125. The van der Waals surface area contributed by atoms with Crippen LogP contribution in [-0.2, 0) is 4.79 Å². The number of carbonyl (C=O) groups excluding carboxylic acids is 1. The van der Waals surface area contributed by atoms with Crippen molar-refractivity contribution in [3.8, 4) is 12.3 Å². The Morgan fingerprint density at radius 3 is 3.06 bits per heavy atom. The third kappa shape index (κ3) is 4.76. The predicted molar refractivity (Wildman–Crippen MR) is 69.5 cm³/mol. The van der Waals surface area contributed by atoms with E-state index < -0.39 is 0 Å². The van der Waals surface area contributed by atoms with Crippen molar-refractivity contribution in [2.75, 3.05) is 33.2 Å². The van der Waals surface area contributed by atoms with E-state index in [2.05, 4.69) is 21.5 Å². The molecule has 1 amide bonds. The molecule has 4 heteroatoms. The Morgan fingerprint density at radius 2 is 2.47 bits per heavy atom. The van der Waals surface area contributed by atoms with Crippen molar-refractivity contribution in [2.24, 2.45) is 5.92 Å². The second-order valence-electron chi connectivity index (χ2n) is 4.75. The number of nitrogens with one attached hydrogen (secondary N) is 2. The summed E-state index contributed by atoms with van der Waals surface area (Å²) in [5.74, 6) is 3.07. The van der Waals surface area contributed by atoms with Crippen molar-refractivity contribution >= 4 is 5.91 Å². The fourth-order valence-corrected chi connectivity index (χ4v) is 2.13. The first kappa shape index (κ1) is 14.0. The largest absolute Gasteiger partial charge is 0.344 e. The maximum atomic E-state index is 11.7. The van der Waals surface area contributed by atoms with Crippen LogP contribution in [0.2, 0.25) is 0 Å². The molecule has 2 N–H and O–H groups in total. The minimum atomic E-state index is -0.120. The average Bonchev–Trinajstić information content (AvgIpc) is 2.36. The van der Waals surface area contributed by atoms with Crippen LogP contribution in [0.1, 0.15) is 19.8 Å². The Bertz CT molecular complexity index is 279. The minimum Gasteiger partial charge on any atom is -0.344 e. The molecule has 0 saturated carbocycles. The van der Waals surface area contributed by atoms with Gasteiger partial charge in [-0.05, 0) is 45.8 Å². The number of terminal acetylenes is 1. The highest BCUT2D eigenvalue weighted by atomic mass is 16.2.